The summed E-state index contributed by atoms with van der Waals surface area (Å²) in [6.45, 7) is 2.52. The predicted molar refractivity (Wildman–Crippen MR) is 121 cm³/mol. The second-order valence-electron chi connectivity index (χ2n) is 8.86. The number of hydrogen-bond donors (Lipinski definition) is 1. The van der Waals surface area contributed by atoms with Crippen molar-refractivity contribution in [2.45, 2.75) is 50.5 Å². The summed E-state index contributed by atoms with van der Waals surface area (Å²) in [7, 11) is -3.60. The number of benzene rings is 2. The molecule has 1 N–H and O–H groups in total. The number of pyridine rings is 1. The van der Waals surface area contributed by atoms with E-state index in [0.29, 0.717) is 12.2 Å². The van der Waals surface area contributed by atoms with E-state index in [2.05, 4.69) is 9.71 Å². The zero-order valence-corrected chi connectivity index (χ0v) is 18.3. The minimum absolute atomic E-state index is 0.257. The molecule has 3 aromatic rings. The molecule has 2 fully saturated rings. The number of aromatic nitrogens is 1. The van der Waals surface area contributed by atoms with Crippen molar-refractivity contribution in [3.8, 4) is 0 Å². The molecule has 31 heavy (non-hydrogen) atoms. The van der Waals surface area contributed by atoms with Gasteiger partial charge in [0.05, 0.1) is 5.52 Å². The zero-order chi connectivity index (χ0) is 21.6. The van der Waals surface area contributed by atoms with Crippen LogP contribution in [0.4, 0.5) is 10.1 Å². The highest BCUT2D eigenvalue weighted by atomic mass is 32.2. The normalized spacial score (nSPS) is 24.3. The van der Waals surface area contributed by atoms with Gasteiger partial charge in [-0.15, -0.1) is 0 Å². The van der Waals surface area contributed by atoms with Gasteiger partial charge in [0.2, 0.25) is 0 Å². The Kier molecular flexibility index (Phi) is 4.98. The van der Waals surface area contributed by atoms with Crippen molar-refractivity contribution in [1.29, 1.82) is 0 Å². The lowest BCUT2D eigenvalue weighted by atomic mass is 9.69. The van der Waals surface area contributed by atoms with Crippen molar-refractivity contribution in [2.24, 2.45) is 0 Å². The highest BCUT2D eigenvalue weighted by molar-refractivity contribution is 7.90. The Morgan fingerprint density at radius 2 is 1.81 bits per heavy atom. The van der Waals surface area contributed by atoms with E-state index >= 15 is 0 Å². The Morgan fingerprint density at radius 3 is 2.48 bits per heavy atom. The van der Waals surface area contributed by atoms with Crippen LogP contribution in [0.3, 0.4) is 0 Å². The van der Waals surface area contributed by atoms with Crippen molar-refractivity contribution in [1.82, 2.24) is 9.29 Å². The van der Waals surface area contributed by atoms with Gasteiger partial charge in [-0.05, 0) is 86.9 Å². The number of fused-ring (bicyclic) bond motifs is 1. The van der Waals surface area contributed by atoms with Crippen molar-refractivity contribution in [3.63, 3.8) is 0 Å². The minimum Gasteiger partial charge on any atom is -0.271 e. The Bertz CT molecular complexity index is 1220. The molecule has 1 aliphatic heterocycles. The summed E-state index contributed by atoms with van der Waals surface area (Å²) in [6.07, 6.45) is 6.06. The van der Waals surface area contributed by atoms with E-state index in [1.807, 2.05) is 25.1 Å². The van der Waals surface area contributed by atoms with E-state index in [-0.39, 0.29) is 17.3 Å². The molecule has 1 aromatic heterocycles. The van der Waals surface area contributed by atoms with E-state index in [4.69, 9.17) is 0 Å². The van der Waals surface area contributed by atoms with Crippen LogP contribution in [-0.2, 0) is 10.2 Å². The molecular weight excluding hydrogens is 413 g/mol. The monoisotopic (exact) mass is 439 g/mol. The Labute approximate surface area is 182 Å². The molecule has 2 aliphatic rings. The standard InChI is InChI=1S/C24H26FN3O2S/c1-17-2-5-20(6-3-17)27-31(29,30)28-15-13-24(28)11-8-18(9-12-24)21-10-14-26-23-7-4-19(25)16-22(21)23/h2-7,10,14,16,18,27H,8-9,11-13,15H2,1H3. The van der Waals surface area contributed by atoms with Gasteiger partial charge in [0, 0.05) is 29.4 Å². The summed E-state index contributed by atoms with van der Waals surface area (Å²) < 4.78 is 44.4. The molecule has 1 aliphatic carbocycles. The zero-order valence-electron chi connectivity index (χ0n) is 17.5. The summed E-state index contributed by atoms with van der Waals surface area (Å²) in [5, 5.41) is 0.863. The first-order chi connectivity index (χ1) is 14.9. The maximum absolute atomic E-state index is 13.8. The van der Waals surface area contributed by atoms with Gasteiger partial charge < -0.3 is 0 Å². The largest absolute Gasteiger partial charge is 0.302 e. The first-order valence-electron chi connectivity index (χ1n) is 10.8. The molecule has 1 saturated carbocycles. The smallest absolute Gasteiger partial charge is 0.271 e. The van der Waals surface area contributed by atoms with E-state index in [9.17, 15) is 12.8 Å². The molecule has 0 radical (unpaired) electrons. The number of nitrogens with one attached hydrogen (secondary N) is 1. The average Bonchev–Trinajstić information content (AvgIpc) is 2.74. The number of halogens is 1. The summed E-state index contributed by atoms with van der Waals surface area (Å²) in [4.78, 5) is 4.36. The van der Waals surface area contributed by atoms with Crippen LogP contribution in [0.2, 0.25) is 0 Å². The van der Waals surface area contributed by atoms with Crippen LogP contribution in [0.25, 0.3) is 10.9 Å². The first-order valence-corrected chi connectivity index (χ1v) is 12.2. The van der Waals surface area contributed by atoms with Crippen molar-refractivity contribution >= 4 is 26.8 Å². The van der Waals surface area contributed by atoms with E-state index in [1.54, 1.807) is 34.8 Å². The van der Waals surface area contributed by atoms with Crippen LogP contribution in [0.15, 0.2) is 54.7 Å². The number of anilines is 1. The van der Waals surface area contributed by atoms with Crippen LogP contribution >= 0.6 is 0 Å². The second-order valence-corrected chi connectivity index (χ2v) is 10.5. The fourth-order valence-electron chi connectivity index (χ4n) is 5.18. The number of hydrogen-bond acceptors (Lipinski definition) is 3. The van der Waals surface area contributed by atoms with Crippen molar-refractivity contribution in [2.75, 3.05) is 11.3 Å². The van der Waals surface area contributed by atoms with Gasteiger partial charge in [-0.25, -0.2) is 4.39 Å². The lowest BCUT2D eigenvalue weighted by molar-refractivity contribution is 0.0286. The molecular formula is C24H26FN3O2S. The molecule has 162 valence electrons. The fourth-order valence-corrected chi connectivity index (χ4v) is 6.84. The predicted octanol–water partition coefficient (Wildman–Crippen LogP) is 5.14. The Balaban J connectivity index is 1.33. The number of aryl methyl sites for hydroxylation is 1. The van der Waals surface area contributed by atoms with E-state index in [0.717, 1.165) is 54.1 Å². The molecule has 7 heteroatoms. The second kappa shape index (κ2) is 7.57. The van der Waals surface area contributed by atoms with E-state index < -0.39 is 10.2 Å². The highest BCUT2D eigenvalue weighted by Gasteiger charge is 2.52. The fraction of sp³-hybridized carbons (Fsp3) is 0.375. The lowest BCUT2D eigenvalue weighted by Gasteiger charge is -2.54. The van der Waals surface area contributed by atoms with Crippen LogP contribution in [0, 0.1) is 12.7 Å². The third-order valence-electron chi connectivity index (χ3n) is 6.99. The Morgan fingerprint density at radius 1 is 1.06 bits per heavy atom. The molecule has 2 heterocycles. The highest BCUT2D eigenvalue weighted by Crippen LogP contribution is 2.49. The van der Waals surface area contributed by atoms with Crippen LogP contribution in [-0.4, -0.2) is 29.8 Å². The lowest BCUT2D eigenvalue weighted by Crippen LogP contribution is -2.64. The minimum atomic E-state index is -3.60. The molecule has 1 saturated heterocycles. The summed E-state index contributed by atoms with van der Waals surface area (Å²) >= 11 is 0. The number of rotatable bonds is 4. The summed E-state index contributed by atoms with van der Waals surface area (Å²) in [6, 6.07) is 14.1. The van der Waals surface area contributed by atoms with Gasteiger partial charge in [-0.2, -0.15) is 12.7 Å². The molecule has 5 rings (SSSR count). The Hall–Kier alpha value is -2.51. The van der Waals surface area contributed by atoms with Crippen molar-refractivity contribution in [3.05, 3.63) is 71.7 Å². The van der Waals surface area contributed by atoms with Crippen LogP contribution in [0.5, 0.6) is 0 Å². The molecule has 0 amide bonds. The third-order valence-corrected chi connectivity index (χ3v) is 8.64. The van der Waals surface area contributed by atoms with Crippen molar-refractivity contribution < 1.29 is 12.8 Å². The topological polar surface area (TPSA) is 62.3 Å². The first kappa shape index (κ1) is 20.4. The SMILES string of the molecule is Cc1ccc(NS(=O)(=O)N2CCC23CCC(c2ccnc4ccc(F)cc24)CC3)cc1. The van der Waals surface area contributed by atoms with E-state index in [1.165, 1.54) is 6.07 Å². The molecule has 0 bridgehead atoms. The van der Waals surface area contributed by atoms with Crippen LogP contribution < -0.4 is 4.72 Å². The quantitative estimate of drug-likeness (QED) is 0.612. The molecule has 0 atom stereocenters. The van der Waals surface area contributed by atoms with Gasteiger partial charge in [-0.1, -0.05) is 17.7 Å². The molecule has 2 aromatic carbocycles. The summed E-state index contributed by atoms with van der Waals surface area (Å²) in [5.41, 5.74) is 3.29. The van der Waals surface area contributed by atoms with Gasteiger partial charge in [0.1, 0.15) is 5.82 Å². The molecule has 0 unspecified atom stereocenters. The summed E-state index contributed by atoms with van der Waals surface area (Å²) in [5.74, 6) is 0.0283. The van der Waals surface area contributed by atoms with Gasteiger partial charge >= 0.3 is 10.2 Å². The average molecular weight is 440 g/mol. The number of nitrogens with zero attached hydrogens (tertiary/aromatic N) is 2. The maximum Gasteiger partial charge on any atom is 0.302 e. The van der Waals surface area contributed by atoms with Crippen LogP contribution in [0.1, 0.15) is 49.1 Å². The van der Waals surface area contributed by atoms with Gasteiger partial charge in [0.25, 0.3) is 0 Å². The van der Waals surface area contributed by atoms with Gasteiger partial charge in [0.15, 0.2) is 0 Å². The molecule has 1 spiro atoms. The maximum atomic E-state index is 13.8. The third kappa shape index (κ3) is 3.70. The van der Waals surface area contributed by atoms with Gasteiger partial charge in [-0.3, -0.25) is 9.71 Å². The molecule has 5 nitrogen and oxygen atoms in total.